The molecule has 0 aliphatic heterocycles. The molecule has 1 aromatic heterocycles. The Morgan fingerprint density at radius 3 is 2.77 bits per heavy atom. The zero-order chi connectivity index (χ0) is 25.9. The molecule has 0 saturated carbocycles. The van der Waals surface area contributed by atoms with E-state index in [2.05, 4.69) is 51.7 Å². The highest BCUT2D eigenvalue weighted by molar-refractivity contribution is 5.64. The molecule has 3 rings (SSSR count). The Morgan fingerprint density at radius 2 is 2.03 bits per heavy atom. The van der Waals surface area contributed by atoms with Crippen LogP contribution in [-0.2, 0) is 12.8 Å². The molecule has 1 aliphatic rings. The van der Waals surface area contributed by atoms with Crippen LogP contribution >= 0.6 is 0 Å². The number of hydrogen-bond acceptors (Lipinski definition) is 4. The zero-order valence-corrected chi connectivity index (χ0v) is 22.1. The van der Waals surface area contributed by atoms with Gasteiger partial charge in [0.25, 0.3) is 0 Å². The number of allylic oxidation sites excluding steroid dienone is 8. The number of hydrogen-bond donors (Lipinski definition) is 2. The lowest BCUT2D eigenvalue weighted by atomic mass is 10.0. The van der Waals surface area contributed by atoms with E-state index in [1.165, 1.54) is 18.1 Å². The van der Waals surface area contributed by atoms with Crippen molar-refractivity contribution < 1.29 is 4.39 Å². The largest absolute Gasteiger partial charge is 0.279 e. The Labute approximate surface area is 211 Å². The van der Waals surface area contributed by atoms with Crippen molar-refractivity contribution in [3.05, 3.63) is 77.4 Å². The molecule has 2 N–H and O–H groups in total. The van der Waals surface area contributed by atoms with Crippen LogP contribution in [0.4, 0.5) is 10.1 Å². The third kappa shape index (κ3) is 10.7. The minimum Gasteiger partial charge on any atom is -0.279 e. The summed E-state index contributed by atoms with van der Waals surface area (Å²) in [6.07, 6.45) is 17.9. The summed E-state index contributed by atoms with van der Waals surface area (Å²) in [6, 6.07) is 5.97. The third-order valence-corrected chi connectivity index (χ3v) is 5.04. The average molecular weight is 480 g/mol. The van der Waals surface area contributed by atoms with Gasteiger partial charge in [-0.2, -0.15) is 10.2 Å². The molecule has 35 heavy (non-hydrogen) atoms. The summed E-state index contributed by atoms with van der Waals surface area (Å²) in [6.45, 7) is 13.4. The summed E-state index contributed by atoms with van der Waals surface area (Å²) in [4.78, 5) is 4.69. The Morgan fingerprint density at radius 1 is 1.23 bits per heavy atom. The number of anilines is 1. The van der Waals surface area contributed by atoms with Crippen molar-refractivity contribution >= 4 is 12.4 Å². The van der Waals surface area contributed by atoms with Crippen molar-refractivity contribution in [2.24, 2.45) is 5.10 Å². The molecule has 0 unspecified atom stereocenters. The van der Waals surface area contributed by atoms with Crippen molar-refractivity contribution in [1.82, 2.24) is 15.2 Å². The summed E-state index contributed by atoms with van der Waals surface area (Å²) in [7, 11) is 0. The standard InChI is InChI=1S/C25H30FN5.2C2H6/c1-3-10-22(26)14-9-8-13-20-18-21(15-16-23(20)29-27-2)25-28-24(30-31-25)17-19-11-6-4-5-7-12-19;2*1-2/h6,9-12,14-16,18,29H,2-5,7-8,13,17H2,1H3,(H,28,30,31);2*1-2H3/b14-9-,22-10+;;. The molecule has 1 aliphatic carbocycles. The Kier molecular flexibility index (Phi) is 15.4. The second kappa shape index (κ2) is 18.1. The molecule has 0 fully saturated rings. The number of halogens is 1. The van der Waals surface area contributed by atoms with Gasteiger partial charge in [0, 0.05) is 18.7 Å². The first-order valence-electron chi connectivity index (χ1n) is 12.8. The van der Waals surface area contributed by atoms with Gasteiger partial charge in [0.2, 0.25) is 0 Å². The molecular formula is C29H42FN5. The van der Waals surface area contributed by atoms with E-state index in [1.807, 2.05) is 52.8 Å². The molecule has 0 atom stereocenters. The van der Waals surface area contributed by atoms with Crippen LogP contribution in [0.2, 0.25) is 0 Å². The van der Waals surface area contributed by atoms with E-state index in [1.54, 1.807) is 6.08 Å². The molecule has 0 amide bonds. The Bertz CT molecular complexity index is 998. The topological polar surface area (TPSA) is 66.0 Å². The lowest BCUT2D eigenvalue weighted by Gasteiger charge is -2.09. The van der Waals surface area contributed by atoms with Gasteiger partial charge in [0.15, 0.2) is 5.82 Å². The van der Waals surface area contributed by atoms with Crippen molar-refractivity contribution in [2.75, 3.05) is 5.43 Å². The monoisotopic (exact) mass is 479 g/mol. The second-order valence-electron chi connectivity index (χ2n) is 7.47. The number of aromatic amines is 1. The van der Waals surface area contributed by atoms with Crippen LogP contribution in [0, 0.1) is 0 Å². The maximum absolute atomic E-state index is 13.5. The summed E-state index contributed by atoms with van der Waals surface area (Å²) in [5.41, 5.74) is 7.06. The van der Waals surface area contributed by atoms with E-state index in [4.69, 9.17) is 4.98 Å². The zero-order valence-electron chi connectivity index (χ0n) is 22.1. The average Bonchev–Trinajstić information content (AvgIpc) is 3.20. The SMILES string of the molecule is C=NNc1ccc(-c2n[nH]c(CC3=CCCCC=C3)n2)cc1CC/C=C\C(F)=C/CC.CC.CC. The molecule has 2 aromatic rings. The number of nitrogens with one attached hydrogen (secondary N) is 2. The van der Waals surface area contributed by atoms with Gasteiger partial charge < -0.3 is 0 Å². The van der Waals surface area contributed by atoms with Crippen LogP contribution in [0.15, 0.2) is 71.2 Å². The maximum atomic E-state index is 13.5. The van der Waals surface area contributed by atoms with E-state index in [9.17, 15) is 4.39 Å². The minimum absolute atomic E-state index is 0.200. The normalized spacial score (nSPS) is 13.2. The minimum atomic E-state index is -0.200. The van der Waals surface area contributed by atoms with E-state index in [-0.39, 0.29) is 5.83 Å². The number of aromatic nitrogens is 3. The first-order valence-corrected chi connectivity index (χ1v) is 12.8. The highest BCUT2D eigenvalue weighted by Gasteiger charge is 2.11. The molecule has 5 nitrogen and oxygen atoms in total. The van der Waals surface area contributed by atoms with Crippen LogP contribution in [0.3, 0.4) is 0 Å². The first kappa shape index (κ1) is 29.8. The van der Waals surface area contributed by atoms with E-state index in [0.29, 0.717) is 18.7 Å². The molecule has 6 heteroatoms. The van der Waals surface area contributed by atoms with Gasteiger partial charge in [-0.1, -0.05) is 58.9 Å². The highest BCUT2D eigenvalue weighted by Crippen LogP contribution is 2.25. The predicted octanol–water partition coefficient (Wildman–Crippen LogP) is 8.51. The quantitative estimate of drug-likeness (QED) is 0.204. The fourth-order valence-corrected chi connectivity index (χ4v) is 3.49. The summed E-state index contributed by atoms with van der Waals surface area (Å²) < 4.78 is 13.5. The summed E-state index contributed by atoms with van der Waals surface area (Å²) in [5.74, 6) is 1.32. The van der Waals surface area contributed by atoms with Gasteiger partial charge in [0.1, 0.15) is 11.7 Å². The number of aryl methyl sites for hydroxylation is 1. The van der Waals surface area contributed by atoms with Crippen LogP contribution in [0.25, 0.3) is 11.4 Å². The van der Waals surface area contributed by atoms with Crippen LogP contribution < -0.4 is 5.43 Å². The first-order chi connectivity index (χ1) is 17.2. The number of nitrogens with zero attached hydrogens (tertiary/aromatic N) is 3. The second-order valence-corrected chi connectivity index (χ2v) is 7.47. The Hall–Kier alpha value is -3.28. The smallest absolute Gasteiger partial charge is 0.181 e. The molecule has 1 aromatic carbocycles. The van der Waals surface area contributed by atoms with Crippen molar-refractivity contribution in [2.45, 2.75) is 79.6 Å². The maximum Gasteiger partial charge on any atom is 0.181 e. The summed E-state index contributed by atoms with van der Waals surface area (Å²) >= 11 is 0. The third-order valence-electron chi connectivity index (χ3n) is 5.04. The molecule has 0 spiro atoms. The molecule has 0 radical (unpaired) electrons. The molecule has 0 saturated heterocycles. The molecule has 1 heterocycles. The highest BCUT2D eigenvalue weighted by atomic mass is 19.1. The molecular weight excluding hydrogens is 437 g/mol. The van der Waals surface area contributed by atoms with Gasteiger partial charge in [-0.05, 0) is 80.0 Å². The fourth-order valence-electron chi connectivity index (χ4n) is 3.49. The number of rotatable bonds is 10. The molecule has 190 valence electrons. The number of hydrazone groups is 1. The van der Waals surface area contributed by atoms with Gasteiger partial charge in [-0.3, -0.25) is 10.5 Å². The van der Waals surface area contributed by atoms with Crippen molar-refractivity contribution in [1.29, 1.82) is 0 Å². The van der Waals surface area contributed by atoms with E-state index < -0.39 is 0 Å². The van der Waals surface area contributed by atoms with Gasteiger partial charge in [-0.25, -0.2) is 9.37 Å². The van der Waals surface area contributed by atoms with Gasteiger partial charge in [0.05, 0.1) is 5.69 Å². The Balaban J connectivity index is 0.00000145. The lowest BCUT2D eigenvalue weighted by Crippen LogP contribution is -1.96. The van der Waals surface area contributed by atoms with Crippen LogP contribution in [0.5, 0.6) is 0 Å². The van der Waals surface area contributed by atoms with Crippen LogP contribution in [-0.4, -0.2) is 21.9 Å². The lowest BCUT2D eigenvalue weighted by molar-refractivity contribution is 0.660. The van der Waals surface area contributed by atoms with Crippen LogP contribution in [0.1, 0.15) is 78.1 Å². The van der Waals surface area contributed by atoms with Gasteiger partial charge >= 0.3 is 0 Å². The summed E-state index contributed by atoms with van der Waals surface area (Å²) in [5, 5.41) is 11.3. The predicted molar refractivity (Wildman–Crippen MR) is 149 cm³/mol. The van der Waals surface area contributed by atoms with Crippen molar-refractivity contribution in [3.63, 3.8) is 0 Å². The number of benzene rings is 1. The number of H-pyrrole nitrogens is 1. The van der Waals surface area contributed by atoms with E-state index in [0.717, 1.165) is 48.3 Å². The van der Waals surface area contributed by atoms with E-state index >= 15 is 0 Å². The molecule has 0 bridgehead atoms. The van der Waals surface area contributed by atoms with Gasteiger partial charge in [-0.15, -0.1) is 0 Å². The fraction of sp³-hybridized carbons (Fsp3) is 0.414. The van der Waals surface area contributed by atoms with Crippen molar-refractivity contribution in [3.8, 4) is 11.4 Å².